The molecule has 2 aromatic carbocycles. The molecule has 0 aromatic heterocycles. The van der Waals surface area contributed by atoms with Gasteiger partial charge in [0, 0.05) is 17.1 Å². The molecule has 1 N–H and O–H groups in total. The lowest BCUT2D eigenvalue weighted by atomic mass is 10.1. The van der Waals surface area contributed by atoms with Gasteiger partial charge < -0.3 is 10.2 Å². The van der Waals surface area contributed by atoms with E-state index in [1.807, 2.05) is 47.6 Å². The number of hydrogen-bond donors (Lipinski definition) is 1. The first-order chi connectivity index (χ1) is 16.1. The van der Waals surface area contributed by atoms with Crippen LogP contribution in [-0.4, -0.2) is 49.5 Å². The molecule has 0 aliphatic heterocycles. The van der Waals surface area contributed by atoms with Gasteiger partial charge in [-0.25, -0.2) is 8.42 Å². The number of nitrogens with one attached hydrogen (secondary N) is 1. The third kappa shape index (κ3) is 8.54. The molecule has 0 aliphatic carbocycles. The molecule has 0 spiro atoms. The van der Waals surface area contributed by atoms with Crippen molar-refractivity contribution in [3.05, 3.63) is 64.2 Å². The first-order valence-electron chi connectivity index (χ1n) is 11.5. The highest BCUT2D eigenvalue weighted by Crippen LogP contribution is 2.23. The molecule has 0 saturated carbocycles. The van der Waals surface area contributed by atoms with Crippen LogP contribution in [0, 0.1) is 13.8 Å². The monoisotopic (exact) mass is 521 g/mol. The Hall–Kier alpha value is -2.58. The Labute approximate surface area is 214 Å². The largest absolute Gasteiger partial charge is 0.350 e. The summed E-state index contributed by atoms with van der Waals surface area (Å²) in [5.74, 6) is -0.764. The Balaban J connectivity index is 2.48. The van der Waals surface area contributed by atoms with Gasteiger partial charge in [-0.05, 0) is 82.0 Å². The number of hydrogen-bond acceptors (Lipinski definition) is 4. The van der Waals surface area contributed by atoms with Gasteiger partial charge in [0.25, 0.3) is 0 Å². The molecule has 7 nitrogen and oxygen atoms in total. The summed E-state index contributed by atoms with van der Waals surface area (Å²) in [5, 5.41) is 3.50. The highest BCUT2D eigenvalue weighted by Gasteiger charge is 2.33. The van der Waals surface area contributed by atoms with Gasteiger partial charge in [0.15, 0.2) is 0 Å². The van der Waals surface area contributed by atoms with Gasteiger partial charge in [-0.1, -0.05) is 36.7 Å². The van der Waals surface area contributed by atoms with E-state index in [1.54, 1.807) is 36.4 Å². The number of halogens is 1. The predicted octanol–water partition coefficient (Wildman–Crippen LogP) is 4.44. The second-order valence-electron chi connectivity index (χ2n) is 9.93. The van der Waals surface area contributed by atoms with Crippen LogP contribution in [0.2, 0.25) is 5.02 Å². The minimum Gasteiger partial charge on any atom is -0.350 e. The lowest BCUT2D eigenvalue weighted by molar-refractivity contribution is -0.141. The normalized spacial score (nSPS) is 12.7. The van der Waals surface area contributed by atoms with Gasteiger partial charge in [0.2, 0.25) is 21.8 Å². The van der Waals surface area contributed by atoms with Crippen molar-refractivity contribution in [2.24, 2.45) is 0 Å². The number of rotatable bonds is 9. The average molecular weight is 522 g/mol. The van der Waals surface area contributed by atoms with Gasteiger partial charge in [0.05, 0.1) is 11.9 Å². The number of amides is 2. The highest BCUT2D eigenvalue weighted by atomic mass is 35.5. The van der Waals surface area contributed by atoms with E-state index in [0.29, 0.717) is 17.1 Å². The Morgan fingerprint density at radius 2 is 1.57 bits per heavy atom. The summed E-state index contributed by atoms with van der Waals surface area (Å²) in [5.41, 5.74) is 2.47. The summed E-state index contributed by atoms with van der Waals surface area (Å²) in [6.45, 7) is 10.9. The lowest BCUT2D eigenvalue weighted by Gasteiger charge is -2.34. The first-order valence-corrected chi connectivity index (χ1v) is 13.8. The van der Waals surface area contributed by atoms with Crippen LogP contribution in [0.4, 0.5) is 5.69 Å². The van der Waals surface area contributed by atoms with Crippen molar-refractivity contribution in [1.82, 2.24) is 10.2 Å². The molecule has 0 aliphatic rings. The zero-order chi connectivity index (χ0) is 26.6. The van der Waals surface area contributed by atoms with E-state index in [1.165, 1.54) is 4.90 Å². The van der Waals surface area contributed by atoms with E-state index in [0.717, 1.165) is 27.3 Å². The van der Waals surface area contributed by atoms with Crippen LogP contribution in [0.5, 0.6) is 0 Å². The zero-order valence-corrected chi connectivity index (χ0v) is 23.1. The molecule has 2 aromatic rings. The Morgan fingerprint density at radius 3 is 2.03 bits per heavy atom. The van der Waals surface area contributed by atoms with Gasteiger partial charge in [0.1, 0.15) is 12.6 Å². The number of nitrogens with zero attached hydrogens (tertiary/aromatic N) is 2. The van der Waals surface area contributed by atoms with Crippen molar-refractivity contribution < 1.29 is 18.0 Å². The summed E-state index contributed by atoms with van der Waals surface area (Å²) in [6.07, 6.45) is 1.44. The van der Waals surface area contributed by atoms with Crippen molar-refractivity contribution >= 4 is 39.1 Å². The Kier molecular flexibility index (Phi) is 9.36. The van der Waals surface area contributed by atoms with E-state index in [4.69, 9.17) is 11.6 Å². The third-order valence-corrected chi connectivity index (χ3v) is 6.72. The summed E-state index contributed by atoms with van der Waals surface area (Å²) >= 11 is 6.02. The van der Waals surface area contributed by atoms with Crippen molar-refractivity contribution in [3.8, 4) is 0 Å². The molecule has 0 bridgehead atoms. The van der Waals surface area contributed by atoms with Crippen LogP contribution in [0.15, 0.2) is 42.5 Å². The fourth-order valence-corrected chi connectivity index (χ4v) is 4.83. The average Bonchev–Trinajstić information content (AvgIpc) is 2.70. The highest BCUT2D eigenvalue weighted by molar-refractivity contribution is 7.92. The van der Waals surface area contributed by atoms with E-state index >= 15 is 0 Å². The molecule has 192 valence electrons. The molecule has 2 rings (SSSR count). The Bertz CT molecular complexity index is 1140. The molecule has 9 heteroatoms. The van der Waals surface area contributed by atoms with Crippen molar-refractivity contribution in [1.29, 1.82) is 0 Å². The van der Waals surface area contributed by atoms with Gasteiger partial charge in [-0.2, -0.15) is 0 Å². The molecule has 0 fully saturated rings. The van der Waals surface area contributed by atoms with E-state index < -0.39 is 34.1 Å². The fraction of sp³-hybridized carbons (Fsp3) is 0.462. The fourth-order valence-electron chi connectivity index (χ4n) is 3.87. The molecule has 35 heavy (non-hydrogen) atoms. The lowest BCUT2D eigenvalue weighted by Crippen LogP contribution is -2.55. The number of aryl methyl sites for hydroxylation is 2. The van der Waals surface area contributed by atoms with Crippen LogP contribution in [0.1, 0.15) is 50.8 Å². The minimum absolute atomic E-state index is 0.135. The van der Waals surface area contributed by atoms with Crippen LogP contribution in [0.3, 0.4) is 0 Å². The van der Waals surface area contributed by atoms with E-state index in [2.05, 4.69) is 5.32 Å². The third-order valence-electron chi connectivity index (χ3n) is 5.32. The second kappa shape index (κ2) is 11.4. The van der Waals surface area contributed by atoms with Crippen molar-refractivity contribution in [2.45, 2.75) is 66.1 Å². The molecular weight excluding hydrogens is 486 g/mol. The standard InChI is InChI=1S/C26H36ClN3O4S/c1-8-23(25(32)28-26(4,5)6)29(16-20-9-11-21(27)12-10-20)24(31)17-30(35(7,33)34)22-14-18(2)13-19(3)15-22/h9-15,23H,8,16-17H2,1-7H3,(H,28,32). The van der Waals surface area contributed by atoms with Crippen LogP contribution in [0.25, 0.3) is 0 Å². The van der Waals surface area contributed by atoms with E-state index in [-0.39, 0.29) is 12.5 Å². The summed E-state index contributed by atoms with van der Waals surface area (Å²) in [6, 6.07) is 11.6. The molecule has 1 atom stereocenters. The SMILES string of the molecule is CCC(C(=O)NC(C)(C)C)N(Cc1ccc(Cl)cc1)C(=O)CN(c1cc(C)cc(C)c1)S(C)(=O)=O. The number of carbonyl (C=O) groups is 2. The molecule has 0 saturated heterocycles. The maximum Gasteiger partial charge on any atom is 0.244 e. The van der Waals surface area contributed by atoms with Gasteiger partial charge >= 0.3 is 0 Å². The molecule has 0 heterocycles. The van der Waals surface area contributed by atoms with Crippen molar-refractivity contribution in [2.75, 3.05) is 17.1 Å². The van der Waals surface area contributed by atoms with Crippen LogP contribution < -0.4 is 9.62 Å². The predicted molar refractivity (Wildman–Crippen MR) is 142 cm³/mol. The Morgan fingerprint density at radius 1 is 1.03 bits per heavy atom. The molecular formula is C26H36ClN3O4S. The zero-order valence-electron chi connectivity index (χ0n) is 21.6. The molecule has 2 amide bonds. The summed E-state index contributed by atoms with van der Waals surface area (Å²) in [4.78, 5) is 28.3. The quantitative estimate of drug-likeness (QED) is 0.528. The number of carbonyl (C=O) groups excluding carboxylic acids is 2. The van der Waals surface area contributed by atoms with Gasteiger partial charge in [-0.15, -0.1) is 0 Å². The maximum atomic E-state index is 13.7. The number of benzene rings is 2. The first kappa shape index (κ1) is 28.7. The number of anilines is 1. The molecule has 0 radical (unpaired) electrons. The van der Waals surface area contributed by atoms with Crippen molar-refractivity contribution in [3.63, 3.8) is 0 Å². The molecule has 1 unspecified atom stereocenters. The second-order valence-corrected chi connectivity index (χ2v) is 12.3. The minimum atomic E-state index is -3.77. The van der Waals surface area contributed by atoms with Gasteiger partial charge in [-0.3, -0.25) is 13.9 Å². The smallest absolute Gasteiger partial charge is 0.244 e. The van der Waals surface area contributed by atoms with Crippen LogP contribution >= 0.6 is 11.6 Å². The summed E-state index contributed by atoms with van der Waals surface area (Å²) in [7, 11) is -3.77. The topological polar surface area (TPSA) is 86.8 Å². The number of sulfonamides is 1. The maximum absolute atomic E-state index is 13.7. The van der Waals surface area contributed by atoms with E-state index in [9.17, 15) is 18.0 Å². The van der Waals surface area contributed by atoms with Crippen LogP contribution in [-0.2, 0) is 26.2 Å². The summed E-state index contributed by atoms with van der Waals surface area (Å²) < 4.78 is 26.6.